The molecule has 0 radical (unpaired) electrons. The van der Waals surface area contributed by atoms with Crippen molar-refractivity contribution in [3.05, 3.63) is 35.9 Å². The molecule has 1 saturated heterocycles. The van der Waals surface area contributed by atoms with E-state index in [2.05, 4.69) is 58.5 Å². The third-order valence-corrected chi connectivity index (χ3v) is 16.5. The average Bonchev–Trinajstić information content (AvgIpc) is 1.78. The minimum Gasteiger partial charge on any atom is -0.480 e. The van der Waals surface area contributed by atoms with E-state index in [1.165, 1.54) is 4.90 Å². The Labute approximate surface area is 581 Å². The van der Waals surface area contributed by atoms with Gasteiger partial charge in [0.1, 0.15) is 66.5 Å². The molecular weight excluding hydrogens is 1280 g/mol. The van der Waals surface area contributed by atoms with Gasteiger partial charge < -0.3 is 90.2 Å². The molecule has 0 bridgehead atoms. The third-order valence-electron chi connectivity index (χ3n) is 16.5. The zero-order valence-corrected chi connectivity index (χ0v) is 60.3. The summed E-state index contributed by atoms with van der Waals surface area (Å²) in [5.74, 6) is -14.8. The van der Waals surface area contributed by atoms with E-state index in [9.17, 15) is 82.4 Å². The summed E-state index contributed by atoms with van der Waals surface area (Å²) in [6, 6.07) is -7.22. The first-order valence-corrected chi connectivity index (χ1v) is 34.4. The molecule has 1 heterocycles. The number of amides is 13. The number of carbonyl (C=O) groups is 14. The Morgan fingerprint density at radius 2 is 0.929 bits per heavy atom. The zero-order valence-electron chi connectivity index (χ0n) is 60.3. The van der Waals surface area contributed by atoms with Crippen LogP contribution >= 0.6 is 0 Å². The number of benzene rings is 1. The van der Waals surface area contributed by atoms with Gasteiger partial charge in [0.15, 0.2) is 0 Å². The van der Waals surface area contributed by atoms with Gasteiger partial charge in [-0.3, -0.25) is 62.3 Å². The first kappa shape index (κ1) is 86.8. The molecule has 1 aliphatic heterocycles. The van der Waals surface area contributed by atoms with Crippen LogP contribution in [0, 0.1) is 41.4 Å². The third kappa shape index (κ3) is 30.4. The van der Waals surface area contributed by atoms with Gasteiger partial charge in [-0.05, 0) is 105 Å². The minimum atomic E-state index is -1.86. The lowest BCUT2D eigenvalue weighted by atomic mass is 9.95. The zero-order chi connectivity index (χ0) is 75.3. The normalized spacial score (nSPS) is 17.0. The lowest BCUT2D eigenvalue weighted by molar-refractivity contribution is -0.143. The molecule has 558 valence electrons. The second kappa shape index (κ2) is 42.6. The van der Waals surface area contributed by atoms with Crippen LogP contribution in [0.2, 0.25) is 0 Å². The number of aliphatic hydroxyl groups is 2. The lowest BCUT2D eigenvalue weighted by Gasteiger charge is -2.32. The van der Waals surface area contributed by atoms with E-state index in [1.807, 2.05) is 44.2 Å². The standard InChI is InChI=1S/C68H114N14O17/c1-16-40(14)55(80-63(93)51-23-20-24-82(51)67(97)48(28-37(8)9)76-57(87)43(69)30-42-21-18-17-19-22-42)65(95)79-54(39(12)13)64(94)81-56(41(15)84)66(96)75-47(31-52(70)85)62(92)74-45(26-35(4)5)60(90)73-46(27-36(6)7)61(91)78-50(33-83)58(88)71-32-53(86)72-44(25-34(2)3)59(89)77-49(68(98)99)29-38(10)11/h17-19,21-22,34-41,43-51,54-56,83-84H,16,20,23-33,69H2,1-15H3,(H2,70,85)(H,71,88)(H,72,86)(H,73,90)(H,74,92)(H,75,96)(H,76,87)(H,77,89)(H,78,91)(H,79,95)(H,80,93)(H,81,94)(H,98,99)/t40-,41+,43-,44-,45-,46-,47-,48-,49-,50-,51-,54-,55-,56-/m0/s1. The number of nitrogens with one attached hydrogen (secondary N) is 11. The summed E-state index contributed by atoms with van der Waals surface area (Å²) >= 11 is 0. The topological polar surface area (TPSA) is 487 Å². The highest BCUT2D eigenvalue weighted by Crippen LogP contribution is 2.23. The highest BCUT2D eigenvalue weighted by atomic mass is 16.4. The van der Waals surface area contributed by atoms with Crippen molar-refractivity contribution in [3.63, 3.8) is 0 Å². The molecule has 0 aliphatic carbocycles. The molecule has 0 aromatic heterocycles. The van der Waals surface area contributed by atoms with Crippen molar-refractivity contribution in [2.75, 3.05) is 19.7 Å². The molecule has 1 fully saturated rings. The number of rotatable bonds is 43. The summed E-state index contributed by atoms with van der Waals surface area (Å²) in [6.45, 7) is 24.0. The van der Waals surface area contributed by atoms with Crippen LogP contribution in [0.5, 0.6) is 0 Å². The van der Waals surface area contributed by atoms with Crippen LogP contribution in [-0.2, 0) is 73.5 Å². The Balaban J connectivity index is 2.30. The number of nitrogens with two attached hydrogens (primary N) is 2. The van der Waals surface area contributed by atoms with Crippen LogP contribution in [0.25, 0.3) is 0 Å². The van der Waals surface area contributed by atoms with E-state index in [1.54, 1.807) is 83.1 Å². The Bertz CT molecular complexity index is 2890. The van der Waals surface area contributed by atoms with Crippen molar-refractivity contribution in [3.8, 4) is 0 Å². The molecule has 1 aromatic rings. The number of aliphatic hydroxyl groups excluding tert-OH is 2. The van der Waals surface area contributed by atoms with Crippen molar-refractivity contribution in [2.24, 2.45) is 52.9 Å². The first-order chi connectivity index (χ1) is 46.2. The number of hydrogen-bond donors (Lipinski definition) is 16. The van der Waals surface area contributed by atoms with Gasteiger partial charge in [-0.1, -0.05) is 134 Å². The van der Waals surface area contributed by atoms with Crippen LogP contribution in [0.1, 0.15) is 167 Å². The van der Waals surface area contributed by atoms with Crippen LogP contribution in [0.15, 0.2) is 30.3 Å². The van der Waals surface area contributed by atoms with Gasteiger partial charge >= 0.3 is 5.97 Å². The number of carboxylic acid groups (broad SMARTS) is 1. The van der Waals surface area contributed by atoms with Crippen molar-refractivity contribution in [2.45, 2.75) is 247 Å². The summed E-state index contributed by atoms with van der Waals surface area (Å²) in [5, 5.41) is 58.6. The maximum atomic E-state index is 14.4. The molecule has 1 aliphatic rings. The maximum Gasteiger partial charge on any atom is 0.326 e. The van der Waals surface area contributed by atoms with Gasteiger partial charge in [0.2, 0.25) is 76.8 Å². The maximum absolute atomic E-state index is 14.4. The van der Waals surface area contributed by atoms with Crippen molar-refractivity contribution < 1.29 is 82.4 Å². The van der Waals surface area contributed by atoms with Crippen molar-refractivity contribution >= 4 is 82.8 Å². The van der Waals surface area contributed by atoms with E-state index < -0.39 is 193 Å². The molecule has 14 atom stereocenters. The number of aliphatic carboxylic acids is 1. The van der Waals surface area contributed by atoms with E-state index in [4.69, 9.17) is 11.5 Å². The molecule has 13 amide bonds. The second-order valence-electron chi connectivity index (χ2n) is 28.4. The highest BCUT2D eigenvalue weighted by molar-refractivity contribution is 6.00. The van der Waals surface area contributed by atoms with E-state index in [0.29, 0.717) is 12.8 Å². The quantitative estimate of drug-likeness (QED) is 0.0364. The van der Waals surface area contributed by atoms with E-state index >= 15 is 0 Å². The van der Waals surface area contributed by atoms with Gasteiger partial charge in [0, 0.05) is 6.54 Å². The summed E-state index contributed by atoms with van der Waals surface area (Å²) < 4.78 is 0. The molecule has 18 N–H and O–H groups in total. The number of carboxylic acids is 1. The summed E-state index contributed by atoms with van der Waals surface area (Å²) in [5.41, 5.74) is 12.7. The molecule has 0 saturated carbocycles. The Morgan fingerprint density at radius 1 is 0.505 bits per heavy atom. The van der Waals surface area contributed by atoms with E-state index in [0.717, 1.165) is 12.5 Å². The fraction of sp³-hybridized carbons (Fsp3) is 0.706. The fourth-order valence-electron chi connectivity index (χ4n) is 11.1. The van der Waals surface area contributed by atoms with Gasteiger partial charge in [0.25, 0.3) is 0 Å². The SMILES string of the molecule is CC[C@H](C)[C@H](NC(=O)[C@@H]1CCCN1C(=O)[C@H](CC(C)C)NC(=O)[C@@H](N)Cc1ccccc1)C(=O)N[C@H](C(=O)N[C@H](C(=O)N[C@@H](CC(N)=O)C(=O)N[C@@H](CC(C)C)C(=O)N[C@@H](CC(C)C)C(=O)N[C@@H](CO)C(=O)NCC(=O)N[C@@H](CC(C)C)C(=O)N[C@@H](CC(C)C)C(=O)O)[C@@H](C)O)C(C)C. The Hall–Kier alpha value is -8.32. The van der Waals surface area contributed by atoms with Gasteiger partial charge in [-0.2, -0.15) is 0 Å². The van der Waals surface area contributed by atoms with Crippen LogP contribution in [0.3, 0.4) is 0 Å². The predicted molar refractivity (Wildman–Crippen MR) is 367 cm³/mol. The largest absolute Gasteiger partial charge is 0.480 e. The number of nitrogens with zero attached hydrogens (tertiary/aromatic N) is 1. The lowest BCUT2D eigenvalue weighted by Crippen LogP contribution is -2.63. The smallest absolute Gasteiger partial charge is 0.326 e. The summed E-state index contributed by atoms with van der Waals surface area (Å²) in [7, 11) is 0. The fourth-order valence-corrected chi connectivity index (χ4v) is 11.1. The first-order valence-electron chi connectivity index (χ1n) is 34.4. The molecule has 31 nitrogen and oxygen atoms in total. The predicted octanol–water partition coefficient (Wildman–Crippen LogP) is -1.22. The summed E-state index contributed by atoms with van der Waals surface area (Å²) in [6.07, 6.45) is -0.934. The number of primary amides is 1. The molecule has 0 spiro atoms. The average molecular weight is 1400 g/mol. The molecule has 0 unspecified atom stereocenters. The van der Waals surface area contributed by atoms with Crippen molar-refractivity contribution in [1.82, 2.24) is 63.4 Å². The monoisotopic (exact) mass is 1400 g/mol. The molecule has 99 heavy (non-hydrogen) atoms. The van der Waals surface area contributed by atoms with Crippen molar-refractivity contribution in [1.29, 1.82) is 0 Å². The highest BCUT2D eigenvalue weighted by Gasteiger charge is 2.42. The van der Waals surface area contributed by atoms with Gasteiger partial charge in [0.05, 0.1) is 31.7 Å². The van der Waals surface area contributed by atoms with Crippen LogP contribution in [0.4, 0.5) is 0 Å². The molecule has 2 rings (SSSR count). The minimum absolute atomic E-state index is 0.0454. The number of likely N-dealkylation sites (tertiary alicyclic amines) is 1. The van der Waals surface area contributed by atoms with E-state index in [-0.39, 0.29) is 81.1 Å². The summed E-state index contributed by atoms with van der Waals surface area (Å²) in [4.78, 5) is 192. The van der Waals surface area contributed by atoms with Crippen LogP contribution in [-0.4, -0.2) is 201 Å². The van der Waals surface area contributed by atoms with Gasteiger partial charge in [-0.15, -0.1) is 0 Å². The molecular formula is C68H114N14O17. The van der Waals surface area contributed by atoms with Crippen LogP contribution < -0.4 is 70.0 Å². The molecule has 1 aromatic carbocycles. The second-order valence-corrected chi connectivity index (χ2v) is 28.4. The molecule has 31 heteroatoms. The number of carbonyl (C=O) groups excluding carboxylic acids is 13. The Kier molecular flexibility index (Phi) is 37.3. The van der Waals surface area contributed by atoms with Gasteiger partial charge in [-0.25, -0.2) is 4.79 Å². The number of hydrogen-bond acceptors (Lipinski definition) is 17. The Morgan fingerprint density at radius 3 is 1.39 bits per heavy atom.